The number of halogens is 1. The number of hydrogen-bond donors (Lipinski definition) is 3. The fourth-order valence-corrected chi connectivity index (χ4v) is 2.66. The second kappa shape index (κ2) is 8.40. The molecule has 0 saturated carbocycles. The van der Waals surface area contributed by atoms with Crippen molar-refractivity contribution in [3.8, 4) is 5.88 Å². The summed E-state index contributed by atoms with van der Waals surface area (Å²) in [6, 6.07) is 14.0. The Labute approximate surface area is 163 Å². The minimum atomic E-state index is -0.657. The van der Waals surface area contributed by atoms with Crippen LogP contribution in [0.3, 0.4) is 0 Å². The van der Waals surface area contributed by atoms with E-state index in [2.05, 4.69) is 15.5 Å². The molecule has 0 unspecified atom stereocenters. The van der Waals surface area contributed by atoms with Crippen LogP contribution < -0.4 is 11.0 Å². The van der Waals surface area contributed by atoms with Crippen molar-refractivity contribution in [1.82, 2.24) is 15.0 Å². The highest BCUT2D eigenvalue weighted by atomic mass is 32.1. The lowest BCUT2D eigenvalue weighted by atomic mass is 10.2. The van der Waals surface area contributed by atoms with Gasteiger partial charge in [0.1, 0.15) is 11.4 Å². The lowest BCUT2D eigenvalue weighted by Gasteiger charge is -2.11. The van der Waals surface area contributed by atoms with Crippen LogP contribution in [0.1, 0.15) is 21.5 Å². The molecule has 2 aromatic carbocycles. The third-order valence-corrected chi connectivity index (χ3v) is 4.18. The minimum Gasteiger partial charge on any atom is -0.494 e. The molecule has 0 bridgehead atoms. The molecule has 28 heavy (non-hydrogen) atoms. The number of benzene rings is 2. The Balaban J connectivity index is 1.85. The van der Waals surface area contributed by atoms with Gasteiger partial charge < -0.3 is 5.11 Å². The van der Waals surface area contributed by atoms with E-state index >= 15 is 0 Å². The van der Waals surface area contributed by atoms with Gasteiger partial charge in [-0.25, -0.2) is 9.82 Å². The predicted molar refractivity (Wildman–Crippen MR) is 105 cm³/mol. The number of aromatic hydroxyl groups is 1. The van der Waals surface area contributed by atoms with Gasteiger partial charge in [-0.2, -0.15) is 5.10 Å². The first kappa shape index (κ1) is 19.2. The Morgan fingerprint density at radius 1 is 1.21 bits per heavy atom. The molecule has 0 radical (unpaired) electrons. The van der Waals surface area contributed by atoms with Crippen LogP contribution in [0.25, 0.3) is 0 Å². The average molecular weight is 398 g/mol. The normalized spacial score (nSPS) is 10.9. The van der Waals surface area contributed by atoms with E-state index in [-0.39, 0.29) is 22.7 Å². The van der Waals surface area contributed by atoms with E-state index in [1.807, 2.05) is 0 Å². The van der Waals surface area contributed by atoms with Gasteiger partial charge in [-0.15, -0.1) is 0 Å². The number of H-pyrrole nitrogens is 1. The molecule has 7 nitrogen and oxygen atoms in total. The lowest BCUT2D eigenvalue weighted by molar-refractivity contribution is 0.0955. The zero-order chi connectivity index (χ0) is 20.1. The number of nitrogens with zero attached hydrogens (tertiary/aromatic N) is 2. The highest BCUT2D eigenvalue weighted by Crippen LogP contribution is 2.14. The van der Waals surface area contributed by atoms with Crippen LogP contribution in [0.2, 0.25) is 0 Å². The first-order chi connectivity index (χ1) is 13.5. The van der Waals surface area contributed by atoms with Crippen LogP contribution in [-0.2, 0) is 6.54 Å². The highest BCUT2D eigenvalue weighted by molar-refractivity contribution is 7.71. The van der Waals surface area contributed by atoms with Gasteiger partial charge in [-0.1, -0.05) is 30.3 Å². The SMILES string of the molecule is O=C(N/N=C\c1c(O)n(Cc2ccc(F)cc2)c(=S)[nH]c1=O)c1ccccc1. The molecule has 0 aliphatic rings. The van der Waals surface area contributed by atoms with Crippen LogP contribution in [0, 0.1) is 10.6 Å². The summed E-state index contributed by atoms with van der Waals surface area (Å²) >= 11 is 5.09. The monoisotopic (exact) mass is 398 g/mol. The third kappa shape index (κ3) is 4.38. The summed E-state index contributed by atoms with van der Waals surface area (Å²) in [5.41, 5.74) is 2.51. The number of rotatable bonds is 5. The number of hydrazone groups is 1. The lowest BCUT2D eigenvalue weighted by Crippen LogP contribution is -2.21. The van der Waals surface area contributed by atoms with Crippen LogP contribution in [0.4, 0.5) is 4.39 Å². The zero-order valence-electron chi connectivity index (χ0n) is 14.4. The second-order valence-electron chi connectivity index (χ2n) is 5.77. The first-order valence-electron chi connectivity index (χ1n) is 8.14. The van der Waals surface area contributed by atoms with Gasteiger partial charge in [0.2, 0.25) is 5.88 Å². The predicted octanol–water partition coefficient (Wildman–Crippen LogP) is 2.56. The Morgan fingerprint density at radius 3 is 2.57 bits per heavy atom. The molecule has 3 N–H and O–H groups in total. The van der Waals surface area contributed by atoms with Crippen LogP contribution >= 0.6 is 12.2 Å². The number of aromatic nitrogens is 2. The quantitative estimate of drug-likeness (QED) is 0.349. The number of carbonyl (C=O) groups is 1. The number of hydrogen-bond acceptors (Lipinski definition) is 5. The zero-order valence-corrected chi connectivity index (χ0v) is 15.2. The fraction of sp³-hybridized carbons (Fsp3) is 0.0526. The van der Waals surface area contributed by atoms with Crippen molar-refractivity contribution in [2.75, 3.05) is 0 Å². The van der Waals surface area contributed by atoms with E-state index in [0.29, 0.717) is 11.1 Å². The summed E-state index contributed by atoms with van der Waals surface area (Å²) in [7, 11) is 0. The van der Waals surface area contributed by atoms with Gasteiger partial charge in [0, 0.05) is 5.56 Å². The molecule has 3 aromatic rings. The molecule has 142 valence electrons. The molecule has 0 aliphatic carbocycles. The summed E-state index contributed by atoms with van der Waals surface area (Å²) in [6.07, 6.45) is 1.03. The van der Waals surface area contributed by atoms with E-state index in [4.69, 9.17) is 12.2 Å². The molecular formula is C19H15FN4O3S. The van der Waals surface area contributed by atoms with E-state index < -0.39 is 17.3 Å². The van der Waals surface area contributed by atoms with Crippen LogP contribution in [0.5, 0.6) is 5.88 Å². The first-order valence-corrected chi connectivity index (χ1v) is 8.55. The van der Waals surface area contributed by atoms with Gasteiger partial charge in [-0.05, 0) is 42.0 Å². The Hall–Kier alpha value is -3.59. The van der Waals surface area contributed by atoms with Crippen molar-refractivity contribution in [2.24, 2.45) is 5.10 Å². The molecule has 3 rings (SSSR count). The maximum Gasteiger partial charge on any atom is 0.271 e. The number of aromatic amines is 1. The van der Waals surface area contributed by atoms with Crippen LogP contribution in [-0.4, -0.2) is 26.8 Å². The number of nitrogens with one attached hydrogen (secondary N) is 2. The van der Waals surface area contributed by atoms with Crippen molar-refractivity contribution in [3.05, 3.63) is 92.2 Å². The molecular weight excluding hydrogens is 383 g/mol. The van der Waals surface area contributed by atoms with E-state index in [0.717, 1.165) is 6.21 Å². The maximum atomic E-state index is 13.1. The van der Waals surface area contributed by atoms with E-state index in [1.54, 1.807) is 30.3 Å². The number of amides is 1. The maximum absolute atomic E-state index is 13.1. The highest BCUT2D eigenvalue weighted by Gasteiger charge is 2.12. The van der Waals surface area contributed by atoms with Gasteiger partial charge in [0.15, 0.2) is 4.77 Å². The van der Waals surface area contributed by atoms with Crippen LogP contribution in [0.15, 0.2) is 64.5 Å². The molecule has 0 fully saturated rings. The Morgan fingerprint density at radius 2 is 1.89 bits per heavy atom. The van der Waals surface area contributed by atoms with Crippen molar-refractivity contribution >= 4 is 24.3 Å². The van der Waals surface area contributed by atoms with Crippen molar-refractivity contribution in [1.29, 1.82) is 0 Å². The average Bonchev–Trinajstić information content (AvgIpc) is 2.69. The van der Waals surface area contributed by atoms with Gasteiger partial charge in [0.05, 0.1) is 12.8 Å². The largest absolute Gasteiger partial charge is 0.494 e. The number of carbonyl (C=O) groups excluding carboxylic acids is 1. The smallest absolute Gasteiger partial charge is 0.271 e. The Kier molecular flexibility index (Phi) is 5.75. The molecule has 1 aromatic heterocycles. The van der Waals surface area contributed by atoms with Crippen molar-refractivity contribution in [2.45, 2.75) is 6.54 Å². The molecule has 1 heterocycles. The van der Waals surface area contributed by atoms with E-state index in [1.165, 1.54) is 28.8 Å². The Bertz CT molecular complexity index is 1140. The van der Waals surface area contributed by atoms with E-state index in [9.17, 15) is 19.1 Å². The fourth-order valence-electron chi connectivity index (χ4n) is 2.42. The van der Waals surface area contributed by atoms with Gasteiger partial charge in [-0.3, -0.25) is 19.1 Å². The molecule has 0 saturated heterocycles. The standard InChI is InChI=1S/C19H15FN4O3S/c20-14-8-6-12(7-9-14)11-24-18(27)15(17(26)22-19(24)28)10-21-23-16(25)13-4-2-1-3-5-13/h1-10,27H,11H2,(H,23,25)(H,22,26,28)/b21-10-. The van der Waals surface area contributed by atoms with Gasteiger partial charge in [0.25, 0.3) is 11.5 Å². The summed E-state index contributed by atoms with van der Waals surface area (Å²) < 4.78 is 14.3. The topological polar surface area (TPSA) is 99.5 Å². The third-order valence-electron chi connectivity index (χ3n) is 3.86. The summed E-state index contributed by atoms with van der Waals surface area (Å²) in [5.74, 6) is -1.28. The van der Waals surface area contributed by atoms with Crippen molar-refractivity contribution < 1.29 is 14.3 Å². The minimum absolute atomic E-state index is 0.00250. The molecule has 0 aliphatic heterocycles. The van der Waals surface area contributed by atoms with Gasteiger partial charge >= 0.3 is 0 Å². The molecule has 9 heteroatoms. The summed E-state index contributed by atoms with van der Waals surface area (Å²) in [5, 5.41) is 14.2. The molecule has 0 atom stereocenters. The van der Waals surface area contributed by atoms with Crippen molar-refractivity contribution in [3.63, 3.8) is 0 Å². The summed E-state index contributed by atoms with van der Waals surface area (Å²) in [4.78, 5) is 26.5. The second-order valence-corrected chi connectivity index (χ2v) is 6.16. The molecule has 1 amide bonds. The summed E-state index contributed by atoms with van der Waals surface area (Å²) in [6.45, 7) is 0.110. The molecule has 0 spiro atoms.